The summed E-state index contributed by atoms with van der Waals surface area (Å²) in [6, 6.07) is 16.3. The number of hydrogen-bond acceptors (Lipinski definition) is 7. The van der Waals surface area contributed by atoms with Crippen molar-refractivity contribution in [3.8, 4) is 34.5 Å². The van der Waals surface area contributed by atoms with Crippen molar-refractivity contribution in [2.45, 2.75) is 32.8 Å². The maximum atomic E-state index is 6.86. The van der Waals surface area contributed by atoms with Crippen molar-refractivity contribution in [3.05, 3.63) is 76.9 Å². The molecule has 4 rings (SSSR count). The Labute approximate surface area is 232 Å². The number of aromatic nitrogens is 1. The molecule has 0 bridgehead atoms. The van der Waals surface area contributed by atoms with Crippen LogP contribution in [0.1, 0.15) is 36.1 Å². The van der Waals surface area contributed by atoms with Gasteiger partial charge in [0.2, 0.25) is 0 Å². The van der Waals surface area contributed by atoms with Crippen molar-refractivity contribution >= 4 is 27.3 Å². The average Bonchev–Trinajstić information content (AvgIpc) is 3.36. The second kappa shape index (κ2) is 13.5. The molecule has 4 aromatic rings. The van der Waals surface area contributed by atoms with Gasteiger partial charge in [0.05, 0.1) is 18.7 Å². The van der Waals surface area contributed by atoms with Crippen LogP contribution in [0.5, 0.6) is 11.5 Å². The van der Waals surface area contributed by atoms with Crippen LogP contribution in [0, 0.1) is 24.3 Å². The number of pyridine rings is 1. The summed E-state index contributed by atoms with van der Waals surface area (Å²) in [6.07, 6.45) is 2.16. The maximum Gasteiger partial charge on any atom is 0.138 e. The van der Waals surface area contributed by atoms with E-state index in [9.17, 15) is 0 Å². The summed E-state index contributed by atoms with van der Waals surface area (Å²) >= 11 is 1.71. The number of fused-ring (bicyclic) bond motifs is 1. The molecular weight excluding hydrogens is 510 g/mol. The van der Waals surface area contributed by atoms with Gasteiger partial charge in [0.15, 0.2) is 0 Å². The zero-order valence-corrected chi connectivity index (χ0v) is 23.0. The molecule has 8 nitrogen and oxygen atoms in total. The topological polar surface area (TPSA) is 115 Å². The summed E-state index contributed by atoms with van der Waals surface area (Å²) < 4.78 is 18.2. The molecule has 39 heavy (non-hydrogen) atoms. The number of hydrogen-bond donors (Lipinski definition) is 2. The third-order valence-corrected chi connectivity index (χ3v) is 7.11. The van der Waals surface area contributed by atoms with Crippen LogP contribution in [-0.2, 0) is 11.3 Å². The molecule has 0 unspecified atom stereocenters. The predicted octanol–water partition coefficient (Wildman–Crippen LogP) is 6.68. The van der Waals surface area contributed by atoms with Crippen LogP contribution in [0.25, 0.3) is 21.2 Å². The van der Waals surface area contributed by atoms with Gasteiger partial charge in [-0.15, -0.1) is 22.4 Å². The van der Waals surface area contributed by atoms with E-state index in [4.69, 9.17) is 25.5 Å². The van der Waals surface area contributed by atoms with Gasteiger partial charge in [0.25, 0.3) is 0 Å². The van der Waals surface area contributed by atoms with E-state index < -0.39 is 0 Å². The lowest BCUT2D eigenvalue weighted by atomic mass is 9.95. The first-order valence-corrected chi connectivity index (χ1v) is 13.3. The van der Waals surface area contributed by atoms with Crippen molar-refractivity contribution in [2.75, 3.05) is 20.3 Å². The predicted molar refractivity (Wildman–Crippen MR) is 156 cm³/mol. The Hall–Kier alpha value is -4.26. The summed E-state index contributed by atoms with van der Waals surface area (Å²) in [4.78, 5) is 4.55. The SMILES string of the molecule is CC#C[C@@H](C/C(N)=N/N=N)c1ccc(OCc2ccc3scc(-c4cc(OCCOC)cnc4C)c3c2)cc1. The van der Waals surface area contributed by atoms with Gasteiger partial charge in [0.1, 0.15) is 30.5 Å². The van der Waals surface area contributed by atoms with Gasteiger partial charge in [-0.2, -0.15) is 5.53 Å². The Morgan fingerprint density at radius 2 is 1.90 bits per heavy atom. The number of aryl methyl sites for hydroxylation is 1. The van der Waals surface area contributed by atoms with Crippen molar-refractivity contribution < 1.29 is 14.2 Å². The second-order valence-corrected chi connectivity index (χ2v) is 9.74. The normalized spacial score (nSPS) is 12.0. The highest BCUT2D eigenvalue weighted by atomic mass is 32.1. The largest absolute Gasteiger partial charge is 0.490 e. The quantitative estimate of drug-likeness (QED) is 0.0519. The highest BCUT2D eigenvalue weighted by molar-refractivity contribution is 7.17. The minimum Gasteiger partial charge on any atom is -0.490 e. The Bertz CT molecular complexity index is 1520. The molecule has 0 aliphatic heterocycles. The fourth-order valence-corrected chi connectivity index (χ4v) is 5.13. The smallest absolute Gasteiger partial charge is 0.138 e. The number of nitrogens with two attached hydrogens (primary N) is 1. The number of nitrogens with one attached hydrogen (secondary N) is 1. The number of nitrogens with zero attached hydrogens (tertiary/aromatic N) is 3. The van der Waals surface area contributed by atoms with Crippen LogP contribution in [0.2, 0.25) is 0 Å². The lowest BCUT2D eigenvalue weighted by molar-refractivity contribution is 0.146. The summed E-state index contributed by atoms with van der Waals surface area (Å²) in [5, 5.41) is 9.93. The van der Waals surface area contributed by atoms with E-state index >= 15 is 0 Å². The second-order valence-electron chi connectivity index (χ2n) is 8.83. The number of benzene rings is 2. The van der Waals surface area contributed by atoms with Crippen molar-refractivity contribution in [1.82, 2.24) is 4.98 Å². The molecule has 0 amide bonds. The first-order chi connectivity index (χ1) is 19.0. The van der Waals surface area contributed by atoms with E-state index in [-0.39, 0.29) is 11.8 Å². The fraction of sp³-hybridized carbons (Fsp3) is 0.267. The van der Waals surface area contributed by atoms with Crippen LogP contribution in [0.4, 0.5) is 0 Å². The van der Waals surface area contributed by atoms with Gasteiger partial charge in [-0.05, 0) is 60.7 Å². The monoisotopic (exact) mass is 541 g/mol. The summed E-state index contributed by atoms with van der Waals surface area (Å²) in [7, 11) is 1.65. The zero-order chi connectivity index (χ0) is 27.6. The third kappa shape index (κ3) is 7.19. The van der Waals surface area contributed by atoms with E-state index in [1.54, 1.807) is 31.6 Å². The molecular formula is C30H31N5O3S. The zero-order valence-electron chi connectivity index (χ0n) is 22.2. The first-order valence-electron chi connectivity index (χ1n) is 12.4. The molecule has 2 aromatic carbocycles. The molecule has 9 heteroatoms. The Balaban J connectivity index is 1.49. The van der Waals surface area contributed by atoms with Crippen LogP contribution < -0.4 is 15.2 Å². The first kappa shape index (κ1) is 27.8. The van der Waals surface area contributed by atoms with Gasteiger partial charge in [-0.3, -0.25) is 4.98 Å². The van der Waals surface area contributed by atoms with Crippen LogP contribution in [0.15, 0.2) is 70.4 Å². The molecule has 0 saturated heterocycles. The highest BCUT2D eigenvalue weighted by Gasteiger charge is 2.13. The maximum absolute atomic E-state index is 6.86. The lowest BCUT2D eigenvalue weighted by Crippen LogP contribution is -2.15. The third-order valence-electron chi connectivity index (χ3n) is 6.14. The minimum atomic E-state index is -0.129. The summed E-state index contributed by atoms with van der Waals surface area (Å²) in [6.45, 7) is 5.23. The molecule has 2 heterocycles. The molecule has 0 spiro atoms. The summed E-state index contributed by atoms with van der Waals surface area (Å²) in [5.74, 6) is 7.72. The van der Waals surface area contributed by atoms with Crippen molar-refractivity contribution in [1.29, 1.82) is 5.53 Å². The molecule has 0 aliphatic carbocycles. The van der Waals surface area contributed by atoms with Crippen LogP contribution >= 0.6 is 11.3 Å². The van der Waals surface area contributed by atoms with E-state index in [0.29, 0.717) is 26.2 Å². The molecule has 0 fully saturated rings. The van der Waals surface area contributed by atoms with Crippen molar-refractivity contribution in [2.24, 2.45) is 16.1 Å². The molecule has 0 aliphatic rings. The molecule has 2 aromatic heterocycles. The fourth-order valence-electron chi connectivity index (χ4n) is 4.19. The molecule has 1 atom stereocenters. The Kier molecular flexibility index (Phi) is 9.62. The Morgan fingerprint density at radius 3 is 2.64 bits per heavy atom. The number of ether oxygens (including phenoxy) is 3. The standard InChI is InChI=1S/C30H31N5O3S/c1-4-5-23(15-30(31)34-35-32)22-7-9-24(10-8-22)38-18-21-6-11-29-27(14-21)28(19-39-29)26-16-25(17-33-20(26)2)37-13-12-36-3/h6-11,14,16-17,19,23H,12-13,15,18H2,1-3H3,(H3,31,32,34)/t23-/m0/s1. The van der Waals surface area contributed by atoms with E-state index in [2.05, 4.69) is 50.7 Å². The number of methoxy groups -OCH3 is 1. The molecule has 3 N–H and O–H groups in total. The minimum absolute atomic E-state index is 0.129. The Morgan fingerprint density at radius 1 is 1.08 bits per heavy atom. The summed E-state index contributed by atoms with van der Waals surface area (Å²) in [5.41, 5.74) is 17.9. The van der Waals surface area contributed by atoms with Gasteiger partial charge < -0.3 is 19.9 Å². The van der Waals surface area contributed by atoms with Gasteiger partial charge in [-0.1, -0.05) is 29.3 Å². The molecule has 0 radical (unpaired) electrons. The van der Waals surface area contributed by atoms with Gasteiger partial charge >= 0.3 is 0 Å². The van der Waals surface area contributed by atoms with Gasteiger partial charge in [0, 0.05) is 40.4 Å². The number of thiophene rings is 1. The number of amidine groups is 1. The number of rotatable bonds is 12. The van der Waals surface area contributed by atoms with Crippen LogP contribution in [0.3, 0.4) is 0 Å². The van der Waals surface area contributed by atoms with E-state index in [0.717, 1.165) is 44.8 Å². The van der Waals surface area contributed by atoms with Gasteiger partial charge in [-0.25, -0.2) is 0 Å². The van der Waals surface area contributed by atoms with Crippen LogP contribution in [-0.4, -0.2) is 31.1 Å². The lowest BCUT2D eigenvalue weighted by Gasteiger charge is -2.12. The highest BCUT2D eigenvalue weighted by Crippen LogP contribution is 2.37. The van der Waals surface area contributed by atoms with Crippen molar-refractivity contribution in [3.63, 3.8) is 0 Å². The van der Waals surface area contributed by atoms with E-state index in [1.807, 2.05) is 37.3 Å². The molecule has 200 valence electrons. The van der Waals surface area contributed by atoms with E-state index in [1.165, 1.54) is 4.70 Å². The average molecular weight is 542 g/mol. The molecule has 0 saturated carbocycles.